The van der Waals surface area contributed by atoms with E-state index in [4.69, 9.17) is 0 Å². The van der Waals surface area contributed by atoms with Crippen molar-refractivity contribution in [1.29, 1.82) is 0 Å². The Morgan fingerprint density at radius 1 is 1.26 bits per heavy atom. The van der Waals surface area contributed by atoms with E-state index >= 15 is 0 Å². The van der Waals surface area contributed by atoms with E-state index in [1.807, 2.05) is 30.3 Å². The first-order valence-electron chi connectivity index (χ1n) is 7.71. The molecule has 1 unspecified atom stereocenters. The molecule has 23 heavy (non-hydrogen) atoms. The van der Waals surface area contributed by atoms with Crippen molar-refractivity contribution in [3.05, 3.63) is 68.5 Å². The topological polar surface area (TPSA) is 75.2 Å². The summed E-state index contributed by atoms with van der Waals surface area (Å²) in [5.41, 5.74) is 0.122. The third kappa shape index (κ3) is 2.97. The summed E-state index contributed by atoms with van der Waals surface area (Å²) in [5.74, 6) is -0.305. The van der Waals surface area contributed by atoms with E-state index in [1.54, 1.807) is 4.90 Å². The van der Waals surface area contributed by atoms with Crippen LogP contribution in [0.2, 0.25) is 0 Å². The van der Waals surface area contributed by atoms with Crippen molar-refractivity contribution in [2.45, 2.75) is 25.3 Å². The molecule has 0 spiro atoms. The summed E-state index contributed by atoms with van der Waals surface area (Å²) in [5, 5.41) is 0. The van der Waals surface area contributed by atoms with Crippen LogP contribution < -0.4 is 11.2 Å². The van der Waals surface area contributed by atoms with Crippen LogP contribution >= 0.6 is 0 Å². The van der Waals surface area contributed by atoms with Crippen LogP contribution in [0, 0.1) is 0 Å². The third-order valence-corrected chi connectivity index (χ3v) is 4.36. The van der Waals surface area contributed by atoms with Crippen molar-refractivity contribution in [3.63, 3.8) is 0 Å². The highest BCUT2D eigenvalue weighted by Gasteiger charge is 2.31. The molecule has 0 aliphatic carbocycles. The van der Waals surface area contributed by atoms with Gasteiger partial charge in [0.25, 0.3) is 11.5 Å². The zero-order valence-electron chi connectivity index (χ0n) is 13.0. The zero-order chi connectivity index (χ0) is 16.4. The quantitative estimate of drug-likeness (QED) is 0.915. The molecule has 1 aromatic carbocycles. The molecule has 120 valence electrons. The van der Waals surface area contributed by atoms with Crippen molar-refractivity contribution in [3.8, 4) is 0 Å². The van der Waals surface area contributed by atoms with Crippen LogP contribution in [0.5, 0.6) is 0 Å². The fourth-order valence-electron chi connectivity index (χ4n) is 3.07. The molecule has 1 atom stereocenters. The van der Waals surface area contributed by atoms with Gasteiger partial charge in [-0.15, -0.1) is 0 Å². The smallest absolute Gasteiger partial charge is 0.328 e. The van der Waals surface area contributed by atoms with E-state index in [-0.39, 0.29) is 17.5 Å². The van der Waals surface area contributed by atoms with Crippen molar-refractivity contribution in [2.75, 3.05) is 6.54 Å². The second kappa shape index (κ2) is 6.24. The van der Waals surface area contributed by atoms with Crippen LogP contribution in [0.3, 0.4) is 0 Å². The molecule has 1 fully saturated rings. The van der Waals surface area contributed by atoms with Gasteiger partial charge < -0.3 is 9.88 Å². The molecule has 1 amide bonds. The molecule has 1 aliphatic rings. The van der Waals surface area contributed by atoms with Crippen LogP contribution in [0.4, 0.5) is 0 Å². The number of hydrogen-bond donors (Lipinski definition) is 1. The molecule has 1 aliphatic heterocycles. The number of nitrogens with zero attached hydrogens (tertiary/aromatic N) is 2. The number of H-pyrrole nitrogens is 1. The highest BCUT2D eigenvalue weighted by atomic mass is 16.2. The van der Waals surface area contributed by atoms with Gasteiger partial charge in [-0.1, -0.05) is 30.3 Å². The average molecular weight is 313 g/mol. The number of likely N-dealkylation sites (tertiary alicyclic amines) is 1. The van der Waals surface area contributed by atoms with E-state index in [1.165, 1.54) is 18.8 Å². The monoisotopic (exact) mass is 313 g/mol. The van der Waals surface area contributed by atoms with Crippen molar-refractivity contribution in [1.82, 2.24) is 14.5 Å². The molecule has 0 saturated carbocycles. The van der Waals surface area contributed by atoms with Gasteiger partial charge in [0.05, 0.1) is 0 Å². The standard InChI is InChI=1S/C17H19N3O3/c1-19-15(21)14(11-18-17(19)23)16(22)20-9-5-8-13(20)10-12-6-3-2-4-7-12/h2-4,6-7,11,13H,5,8-10H2,1H3,(H,18,23). The van der Waals surface area contributed by atoms with Gasteiger partial charge in [-0.25, -0.2) is 4.79 Å². The number of carbonyl (C=O) groups excluding carboxylic acids is 1. The van der Waals surface area contributed by atoms with E-state index in [0.29, 0.717) is 6.54 Å². The first kappa shape index (κ1) is 15.3. The fraction of sp³-hybridized carbons (Fsp3) is 0.353. The highest BCUT2D eigenvalue weighted by molar-refractivity contribution is 5.94. The van der Waals surface area contributed by atoms with E-state index in [9.17, 15) is 14.4 Å². The molecule has 0 radical (unpaired) electrons. The summed E-state index contributed by atoms with van der Waals surface area (Å²) in [6, 6.07) is 10.1. The lowest BCUT2D eigenvalue weighted by molar-refractivity contribution is 0.0733. The lowest BCUT2D eigenvalue weighted by Crippen LogP contribution is -2.43. The Morgan fingerprint density at radius 3 is 2.74 bits per heavy atom. The number of nitrogens with one attached hydrogen (secondary N) is 1. The predicted octanol–water partition coefficient (Wildman–Crippen LogP) is 0.921. The predicted molar refractivity (Wildman–Crippen MR) is 86.5 cm³/mol. The number of carbonyl (C=O) groups is 1. The Morgan fingerprint density at radius 2 is 2.00 bits per heavy atom. The average Bonchev–Trinajstić information content (AvgIpc) is 3.01. The number of hydrogen-bond acceptors (Lipinski definition) is 3. The van der Waals surface area contributed by atoms with Gasteiger partial charge in [-0.3, -0.25) is 14.2 Å². The second-order valence-electron chi connectivity index (χ2n) is 5.86. The summed E-state index contributed by atoms with van der Waals surface area (Å²) in [4.78, 5) is 40.5. The molecule has 2 aromatic rings. The van der Waals surface area contributed by atoms with Gasteiger partial charge in [0, 0.05) is 25.8 Å². The minimum atomic E-state index is -0.552. The number of rotatable bonds is 3. The van der Waals surface area contributed by atoms with Gasteiger partial charge in [0.1, 0.15) is 5.56 Å². The van der Waals surface area contributed by atoms with Crippen molar-refractivity contribution in [2.24, 2.45) is 7.05 Å². The van der Waals surface area contributed by atoms with Gasteiger partial charge >= 0.3 is 5.69 Å². The Balaban J connectivity index is 1.85. The minimum absolute atomic E-state index is 0.0204. The molecular formula is C17H19N3O3. The summed E-state index contributed by atoms with van der Waals surface area (Å²) < 4.78 is 0.926. The lowest BCUT2D eigenvalue weighted by Gasteiger charge is -2.24. The molecule has 0 bridgehead atoms. The van der Waals surface area contributed by atoms with Crippen LogP contribution in [0.25, 0.3) is 0 Å². The van der Waals surface area contributed by atoms with Gasteiger partial charge in [-0.05, 0) is 24.8 Å². The third-order valence-electron chi connectivity index (χ3n) is 4.36. The first-order valence-corrected chi connectivity index (χ1v) is 7.71. The number of amides is 1. The summed E-state index contributed by atoms with van der Waals surface area (Å²) >= 11 is 0. The SMILES string of the molecule is Cn1c(=O)[nH]cc(C(=O)N2CCCC2Cc2ccccc2)c1=O. The Labute approximate surface area is 133 Å². The highest BCUT2D eigenvalue weighted by Crippen LogP contribution is 2.22. The molecule has 1 saturated heterocycles. The number of benzene rings is 1. The van der Waals surface area contributed by atoms with E-state index in [0.717, 1.165) is 23.8 Å². The van der Waals surface area contributed by atoms with E-state index in [2.05, 4.69) is 4.98 Å². The lowest BCUT2D eigenvalue weighted by atomic mass is 10.0. The van der Waals surface area contributed by atoms with Gasteiger partial charge in [0.15, 0.2) is 0 Å². The van der Waals surface area contributed by atoms with Crippen LogP contribution in [-0.2, 0) is 13.5 Å². The first-order chi connectivity index (χ1) is 11.1. The maximum absolute atomic E-state index is 12.7. The maximum atomic E-state index is 12.7. The molecule has 2 heterocycles. The zero-order valence-corrected chi connectivity index (χ0v) is 13.0. The second-order valence-corrected chi connectivity index (χ2v) is 5.86. The van der Waals surface area contributed by atoms with Crippen LogP contribution in [-0.4, -0.2) is 32.9 Å². The Hall–Kier alpha value is -2.63. The molecule has 1 aromatic heterocycles. The van der Waals surface area contributed by atoms with Crippen LogP contribution in [0.15, 0.2) is 46.1 Å². The summed E-state index contributed by atoms with van der Waals surface area (Å²) in [6.07, 6.45) is 3.85. The minimum Gasteiger partial charge on any atom is -0.335 e. The summed E-state index contributed by atoms with van der Waals surface area (Å²) in [6.45, 7) is 0.638. The molecule has 6 nitrogen and oxygen atoms in total. The van der Waals surface area contributed by atoms with Crippen molar-refractivity contribution >= 4 is 5.91 Å². The largest absolute Gasteiger partial charge is 0.335 e. The molecule has 3 rings (SSSR count). The number of aromatic amines is 1. The fourth-order valence-corrected chi connectivity index (χ4v) is 3.07. The summed E-state index contributed by atoms with van der Waals surface area (Å²) in [7, 11) is 1.36. The molecular weight excluding hydrogens is 294 g/mol. The van der Waals surface area contributed by atoms with Crippen LogP contribution in [0.1, 0.15) is 28.8 Å². The normalized spacial score (nSPS) is 17.4. The van der Waals surface area contributed by atoms with Gasteiger partial charge in [-0.2, -0.15) is 0 Å². The van der Waals surface area contributed by atoms with Crippen molar-refractivity contribution < 1.29 is 4.79 Å². The van der Waals surface area contributed by atoms with Gasteiger partial charge in [0.2, 0.25) is 0 Å². The maximum Gasteiger partial charge on any atom is 0.328 e. The number of aromatic nitrogens is 2. The Bertz CT molecular complexity index is 823. The van der Waals surface area contributed by atoms with E-state index < -0.39 is 11.2 Å². The Kier molecular flexibility index (Phi) is 4.14. The molecule has 1 N–H and O–H groups in total. The molecule has 6 heteroatoms.